The predicted molar refractivity (Wildman–Crippen MR) is 355 cm³/mol. The fourth-order valence-corrected chi connectivity index (χ4v) is 12.2. The van der Waals surface area contributed by atoms with Crippen molar-refractivity contribution in [3.8, 4) is 0 Å². The Kier molecular flexibility index (Phi) is 61.1. The van der Waals surface area contributed by atoms with E-state index < -0.39 is 49.5 Å². The molecule has 0 radical (unpaired) electrons. The summed E-state index contributed by atoms with van der Waals surface area (Å²) in [6, 6.07) is -0.820. The van der Waals surface area contributed by atoms with Gasteiger partial charge in [-0.15, -0.1) is 0 Å². The quantitative estimate of drug-likeness (QED) is 0.0261. The zero-order valence-corrected chi connectivity index (χ0v) is 55.2. The van der Waals surface area contributed by atoms with E-state index in [0.29, 0.717) is 6.42 Å². The molecule has 6 N–H and O–H groups in total. The Morgan fingerprint density at radius 2 is 0.687 bits per heavy atom. The molecule has 0 aliphatic carbocycles. The number of aliphatic hydroxyl groups is 5. The van der Waals surface area contributed by atoms with Gasteiger partial charge in [-0.2, -0.15) is 0 Å². The molecule has 1 rings (SSSR count). The second kappa shape index (κ2) is 63.7. The average molecular weight is 1170 g/mol. The van der Waals surface area contributed by atoms with Crippen LogP contribution in [0, 0.1) is 0 Å². The molecule has 7 unspecified atom stereocenters. The standard InChI is InChI=1S/C74H143NO8/c1-3-5-7-9-11-13-15-17-19-21-23-25-27-29-31-32-33-34-35-36-38-40-42-44-46-48-50-52-54-56-58-60-62-64-70(78)75-67(66-82-74-73(81)72(80)71(79)69(65-76)83-74)68(77)63-61-59-57-55-53-51-49-47-45-43-41-39-37-30-28-26-24-22-20-18-16-14-12-10-8-6-4-2/h53,55,61,63,67-69,71-74,76-77,79-81H,3-52,54,56-60,62,64-66H2,1-2H3,(H,75,78)/b55-53+,63-61+. The minimum Gasteiger partial charge on any atom is -0.394 e. The van der Waals surface area contributed by atoms with Gasteiger partial charge in [0.2, 0.25) is 5.91 Å². The van der Waals surface area contributed by atoms with Crippen LogP contribution < -0.4 is 5.32 Å². The van der Waals surface area contributed by atoms with Crippen molar-refractivity contribution in [2.24, 2.45) is 0 Å². The van der Waals surface area contributed by atoms with Crippen LogP contribution in [0.1, 0.15) is 386 Å². The van der Waals surface area contributed by atoms with E-state index in [4.69, 9.17) is 9.47 Å². The zero-order chi connectivity index (χ0) is 60.0. The second-order valence-electron chi connectivity index (χ2n) is 26.1. The number of nitrogens with one attached hydrogen (secondary N) is 1. The highest BCUT2D eigenvalue weighted by atomic mass is 16.7. The number of amides is 1. The molecule has 9 heteroatoms. The van der Waals surface area contributed by atoms with E-state index in [1.165, 1.54) is 327 Å². The van der Waals surface area contributed by atoms with Crippen LogP contribution in [-0.2, 0) is 14.3 Å². The molecule has 7 atom stereocenters. The van der Waals surface area contributed by atoms with Gasteiger partial charge >= 0.3 is 0 Å². The van der Waals surface area contributed by atoms with Crippen LogP contribution in [-0.4, -0.2) is 87.5 Å². The normalized spacial score (nSPS) is 18.3. The van der Waals surface area contributed by atoms with Gasteiger partial charge in [0.05, 0.1) is 25.4 Å². The van der Waals surface area contributed by atoms with E-state index in [1.807, 2.05) is 6.08 Å². The summed E-state index contributed by atoms with van der Waals surface area (Å²) < 4.78 is 11.3. The van der Waals surface area contributed by atoms with Gasteiger partial charge in [-0.25, -0.2) is 0 Å². The molecule has 83 heavy (non-hydrogen) atoms. The van der Waals surface area contributed by atoms with Crippen LogP contribution in [0.5, 0.6) is 0 Å². The van der Waals surface area contributed by atoms with Gasteiger partial charge in [-0.05, 0) is 32.1 Å². The molecule has 492 valence electrons. The molecule has 0 bridgehead atoms. The Morgan fingerprint density at radius 1 is 0.398 bits per heavy atom. The van der Waals surface area contributed by atoms with Crippen molar-refractivity contribution in [3.05, 3.63) is 24.3 Å². The van der Waals surface area contributed by atoms with Crippen LogP contribution in [0.25, 0.3) is 0 Å². The first-order valence-corrected chi connectivity index (χ1v) is 37.1. The van der Waals surface area contributed by atoms with Crippen molar-refractivity contribution < 1.29 is 39.8 Å². The lowest BCUT2D eigenvalue weighted by molar-refractivity contribution is -0.302. The monoisotopic (exact) mass is 1170 g/mol. The number of hydrogen-bond acceptors (Lipinski definition) is 8. The van der Waals surface area contributed by atoms with Crippen LogP contribution in [0.2, 0.25) is 0 Å². The van der Waals surface area contributed by atoms with Gasteiger partial charge in [0.15, 0.2) is 6.29 Å². The second-order valence-corrected chi connectivity index (χ2v) is 26.1. The molecular formula is C74H143NO8. The Balaban J connectivity index is 2.10. The number of ether oxygens (including phenoxy) is 2. The van der Waals surface area contributed by atoms with Crippen molar-refractivity contribution in [2.45, 2.75) is 429 Å². The molecule has 1 aliphatic rings. The lowest BCUT2D eigenvalue weighted by Crippen LogP contribution is -2.60. The van der Waals surface area contributed by atoms with E-state index in [2.05, 4.69) is 31.3 Å². The van der Waals surface area contributed by atoms with Crippen molar-refractivity contribution in [1.82, 2.24) is 5.32 Å². The molecular weight excluding hydrogens is 1030 g/mol. The van der Waals surface area contributed by atoms with Gasteiger partial charge < -0.3 is 40.3 Å². The van der Waals surface area contributed by atoms with E-state index >= 15 is 0 Å². The molecule has 0 saturated carbocycles. The van der Waals surface area contributed by atoms with E-state index in [0.717, 1.165) is 38.5 Å². The Labute approximate surface area is 515 Å². The summed E-state index contributed by atoms with van der Waals surface area (Å²) in [5.74, 6) is -0.177. The fourth-order valence-electron chi connectivity index (χ4n) is 12.2. The largest absolute Gasteiger partial charge is 0.394 e. The summed E-state index contributed by atoms with van der Waals surface area (Å²) in [6.07, 6.45) is 77.4. The summed E-state index contributed by atoms with van der Waals surface area (Å²) in [6.45, 7) is 3.83. The third-order valence-electron chi connectivity index (χ3n) is 18.0. The first-order chi connectivity index (χ1) is 40.8. The minimum atomic E-state index is -1.57. The zero-order valence-electron chi connectivity index (χ0n) is 55.2. The van der Waals surface area contributed by atoms with Gasteiger partial charge in [0.1, 0.15) is 24.4 Å². The van der Waals surface area contributed by atoms with Crippen molar-refractivity contribution in [2.75, 3.05) is 13.2 Å². The maximum Gasteiger partial charge on any atom is 0.220 e. The Bertz CT molecular complexity index is 1360. The van der Waals surface area contributed by atoms with Gasteiger partial charge in [0, 0.05) is 6.42 Å². The minimum absolute atomic E-state index is 0.177. The van der Waals surface area contributed by atoms with Gasteiger partial charge in [-0.1, -0.05) is 372 Å². The number of hydrogen-bond donors (Lipinski definition) is 6. The highest BCUT2D eigenvalue weighted by Crippen LogP contribution is 2.24. The van der Waals surface area contributed by atoms with Gasteiger partial charge in [-0.3, -0.25) is 4.79 Å². The van der Waals surface area contributed by atoms with Crippen molar-refractivity contribution >= 4 is 5.91 Å². The molecule has 1 aliphatic heterocycles. The first-order valence-electron chi connectivity index (χ1n) is 37.1. The lowest BCUT2D eigenvalue weighted by Gasteiger charge is -2.40. The maximum atomic E-state index is 13.1. The third-order valence-corrected chi connectivity index (χ3v) is 18.0. The van der Waals surface area contributed by atoms with Crippen LogP contribution in [0.4, 0.5) is 0 Å². The molecule has 0 spiro atoms. The molecule has 1 heterocycles. The van der Waals surface area contributed by atoms with E-state index in [1.54, 1.807) is 6.08 Å². The van der Waals surface area contributed by atoms with Crippen molar-refractivity contribution in [3.63, 3.8) is 0 Å². The van der Waals surface area contributed by atoms with Crippen LogP contribution >= 0.6 is 0 Å². The molecule has 0 aromatic heterocycles. The maximum absolute atomic E-state index is 13.1. The molecule has 1 amide bonds. The number of carbonyl (C=O) groups is 1. The first kappa shape index (κ1) is 79.7. The molecule has 1 fully saturated rings. The SMILES string of the molecule is CCCCCCCCCCCCCCCCCCCCCCC/C=C/CC/C=C/C(O)C(COC1OC(CO)C(O)C(O)C1O)NC(=O)CCCCCCCCCCCCCCCCCCCCCCCCCCCCCCCCCCC. The van der Waals surface area contributed by atoms with E-state index in [-0.39, 0.29) is 12.5 Å². The summed E-state index contributed by atoms with van der Waals surface area (Å²) >= 11 is 0. The number of aliphatic hydroxyl groups excluding tert-OH is 5. The Hall–Kier alpha value is -1.33. The number of carbonyl (C=O) groups excluding carboxylic acids is 1. The summed E-state index contributed by atoms with van der Waals surface area (Å²) in [5.41, 5.74) is 0. The number of rotatable bonds is 66. The van der Waals surface area contributed by atoms with Crippen LogP contribution in [0.3, 0.4) is 0 Å². The summed E-state index contributed by atoms with van der Waals surface area (Å²) in [4.78, 5) is 13.1. The third kappa shape index (κ3) is 52.3. The van der Waals surface area contributed by atoms with E-state index in [9.17, 15) is 30.3 Å². The lowest BCUT2D eigenvalue weighted by atomic mass is 9.99. The molecule has 1 saturated heterocycles. The van der Waals surface area contributed by atoms with Crippen molar-refractivity contribution in [1.29, 1.82) is 0 Å². The molecule has 0 aromatic carbocycles. The summed E-state index contributed by atoms with van der Waals surface area (Å²) in [7, 11) is 0. The average Bonchev–Trinajstić information content (AvgIpc) is 3.50. The Morgan fingerprint density at radius 3 is 1.01 bits per heavy atom. The highest BCUT2D eigenvalue weighted by molar-refractivity contribution is 5.76. The number of unbranched alkanes of at least 4 members (excludes halogenated alkanes) is 54. The predicted octanol–water partition coefficient (Wildman–Crippen LogP) is 20.4. The molecule has 0 aromatic rings. The smallest absolute Gasteiger partial charge is 0.220 e. The fraction of sp³-hybridized carbons (Fsp3) is 0.932. The summed E-state index contributed by atoms with van der Waals surface area (Å²) in [5, 5.41) is 54.8. The number of allylic oxidation sites excluding steroid dienone is 3. The van der Waals surface area contributed by atoms with Gasteiger partial charge in [0.25, 0.3) is 0 Å². The molecule has 9 nitrogen and oxygen atoms in total. The van der Waals surface area contributed by atoms with Crippen LogP contribution in [0.15, 0.2) is 24.3 Å². The topological polar surface area (TPSA) is 149 Å². The highest BCUT2D eigenvalue weighted by Gasteiger charge is 2.44.